The van der Waals surface area contributed by atoms with Gasteiger partial charge in [-0.3, -0.25) is 9.69 Å². The Balaban J connectivity index is 2.47. The van der Waals surface area contributed by atoms with E-state index in [1.54, 1.807) is 0 Å². The van der Waals surface area contributed by atoms with Crippen LogP contribution in [0.15, 0.2) is 0 Å². The molecule has 0 aromatic heterocycles. The molecule has 1 rings (SSSR count). The van der Waals surface area contributed by atoms with Gasteiger partial charge in [0.05, 0.1) is 0 Å². The SMILES string of the molecule is CCCCCN1CCCC(C)C1C(=O)O. The third kappa shape index (κ3) is 3.49. The molecule has 2 atom stereocenters. The number of nitrogens with zero attached hydrogens (tertiary/aromatic N) is 1. The first kappa shape index (κ1) is 12.5. The van der Waals surface area contributed by atoms with Crippen molar-refractivity contribution in [2.45, 2.75) is 52.0 Å². The Morgan fingerprint density at radius 3 is 2.80 bits per heavy atom. The monoisotopic (exact) mass is 213 g/mol. The van der Waals surface area contributed by atoms with E-state index in [-0.39, 0.29) is 6.04 Å². The molecule has 3 nitrogen and oxygen atoms in total. The molecule has 88 valence electrons. The van der Waals surface area contributed by atoms with Crippen LogP contribution in [0, 0.1) is 5.92 Å². The molecule has 1 aliphatic rings. The van der Waals surface area contributed by atoms with Crippen molar-refractivity contribution in [2.75, 3.05) is 13.1 Å². The van der Waals surface area contributed by atoms with E-state index < -0.39 is 5.97 Å². The number of rotatable bonds is 5. The Morgan fingerprint density at radius 2 is 2.20 bits per heavy atom. The summed E-state index contributed by atoms with van der Waals surface area (Å²) in [5.74, 6) is -0.337. The van der Waals surface area contributed by atoms with Gasteiger partial charge in [0.2, 0.25) is 0 Å². The Labute approximate surface area is 92.5 Å². The lowest BCUT2D eigenvalue weighted by Crippen LogP contribution is -2.49. The molecule has 0 saturated carbocycles. The molecule has 0 amide bonds. The highest BCUT2D eigenvalue weighted by Crippen LogP contribution is 2.23. The van der Waals surface area contributed by atoms with Crippen molar-refractivity contribution in [1.29, 1.82) is 0 Å². The molecule has 0 aromatic rings. The van der Waals surface area contributed by atoms with Crippen molar-refractivity contribution >= 4 is 5.97 Å². The Kier molecular flexibility index (Phi) is 5.09. The second-order valence-electron chi connectivity index (χ2n) is 4.65. The van der Waals surface area contributed by atoms with Crippen LogP contribution in [0.1, 0.15) is 46.0 Å². The van der Waals surface area contributed by atoms with Crippen LogP contribution in [-0.4, -0.2) is 35.1 Å². The maximum absolute atomic E-state index is 11.2. The van der Waals surface area contributed by atoms with E-state index in [1.807, 2.05) is 0 Å². The molecule has 3 heteroatoms. The molecule has 0 aromatic carbocycles. The molecule has 0 radical (unpaired) electrons. The van der Waals surface area contributed by atoms with Gasteiger partial charge in [0, 0.05) is 0 Å². The third-order valence-electron chi connectivity index (χ3n) is 3.34. The number of carboxylic acids is 1. The molecule has 1 heterocycles. The van der Waals surface area contributed by atoms with E-state index >= 15 is 0 Å². The number of carbonyl (C=O) groups is 1. The molecule has 1 aliphatic heterocycles. The van der Waals surface area contributed by atoms with Crippen molar-refractivity contribution in [3.63, 3.8) is 0 Å². The van der Waals surface area contributed by atoms with E-state index in [2.05, 4.69) is 18.7 Å². The summed E-state index contributed by atoms with van der Waals surface area (Å²) in [6, 6.07) is -0.240. The number of hydrogen-bond donors (Lipinski definition) is 1. The van der Waals surface area contributed by atoms with E-state index in [1.165, 1.54) is 12.8 Å². The highest BCUT2D eigenvalue weighted by Gasteiger charge is 2.33. The predicted octanol–water partition coefficient (Wildman–Crippen LogP) is 2.36. The van der Waals surface area contributed by atoms with Crippen LogP contribution in [0.4, 0.5) is 0 Å². The first-order chi connectivity index (χ1) is 7.16. The summed E-state index contributed by atoms with van der Waals surface area (Å²) in [6.45, 7) is 6.15. The summed E-state index contributed by atoms with van der Waals surface area (Å²) in [4.78, 5) is 13.3. The summed E-state index contributed by atoms with van der Waals surface area (Å²) < 4.78 is 0. The topological polar surface area (TPSA) is 40.5 Å². The maximum atomic E-state index is 11.2. The van der Waals surface area contributed by atoms with Crippen molar-refractivity contribution in [1.82, 2.24) is 4.90 Å². The minimum atomic E-state index is -0.640. The molecule has 2 unspecified atom stereocenters. The highest BCUT2D eigenvalue weighted by molar-refractivity contribution is 5.74. The standard InChI is InChI=1S/C12H23NO2/c1-3-4-5-8-13-9-6-7-10(2)11(13)12(14)15/h10-11H,3-9H2,1-2H3,(H,14,15). The summed E-state index contributed by atoms with van der Waals surface area (Å²) in [7, 11) is 0. The van der Waals surface area contributed by atoms with Gasteiger partial charge < -0.3 is 5.11 Å². The third-order valence-corrected chi connectivity index (χ3v) is 3.34. The number of likely N-dealkylation sites (tertiary alicyclic amines) is 1. The smallest absolute Gasteiger partial charge is 0.321 e. The Bertz CT molecular complexity index is 206. The number of aliphatic carboxylic acids is 1. The zero-order valence-electron chi connectivity index (χ0n) is 9.91. The molecule has 15 heavy (non-hydrogen) atoms. The number of unbranched alkanes of at least 4 members (excludes halogenated alkanes) is 2. The van der Waals surface area contributed by atoms with Crippen LogP contribution < -0.4 is 0 Å². The molecule has 1 N–H and O–H groups in total. The minimum absolute atomic E-state index is 0.240. The van der Waals surface area contributed by atoms with Gasteiger partial charge in [0.15, 0.2) is 0 Å². The molecular weight excluding hydrogens is 190 g/mol. The van der Waals surface area contributed by atoms with Crippen LogP contribution in [0.2, 0.25) is 0 Å². The van der Waals surface area contributed by atoms with Gasteiger partial charge in [0.1, 0.15) is 6.04 Å². The fraction of sp³-hybridized carbons (Fsp3) is 0.917. The van der Waals surface area contributed by atoms with E-state index in [9.17, 15) is 9.90 Å². The van der Waals surface area contributed by atoms with Gasteiger partial charge >= 0.3 is 5.97 Å². The average molecular weight is 213 g/mol. The van der Waals surface area contributed by atoms with Gasteiger partial charge in [-0.25, -0.2) is 0 Å². The van der Waals surface area contributed by atoms with Crippen molar-refractivity contribution < 1.29 is 9.90 Å². The van der Waals surface area contributed by atoms with Gasteiger partial charge in [-0.15, -0.1) is 0 Å². The summed E-state index contributed by atoms with van der Waals surface area (Å²) in [5, 5.41) is 9.19. The fourth-order valence-corrected chi connectivity index (χ4v) is 2.49. The predicted molar refractivity (Wildman–Crippen MR) is 60.9 cm³/mol. The number of piperidine rings is 1. The van der Waals surface area contributed by atoms with Crippen LogP contribution in [-0.2, 0) is 4.79 Å². The lowest BCUT2D eigenvalue weighted by Gasteiger charge is -2.37. The Morgan fingerprint density at radius 1 is 1.47 bits per heavy atom. The largest absolute Gasteiger partial charge is 0.480 e. The highest BCUT2D eigenvalue weighted by atomic mass is 16.4. The Hall–Kier alpha value is -0.570. The normalized spacial score (nSPS) is 27.9. The van der Waals surface area contributed by atoms with Gasteiger partial charge in [0.25, 0.3) is 0 Å². The first-order valence-corrected chi connectivity index (χ1v) is 6.13. The van der Waals surface area contributed by atoms with Gasteiger partial charge in [-0.2, -0.15) is 0 Å². The van der Waals surface area contributed by atoms with Crippen LogP contribution in [0.25, 0.3) is 0 Å². The lowest BCUT2D eigenvalue weighted by atomic mass is 9.90. The molecule has 1 saturated heterocycles. The van der Waals surface area contributed by atoms with Crippen molar-refractivity contribution in [3.8, 4) is 0 Å². The molecular formula is C12H23NO2. The molecule has 0 aliphatic carbocycles. The molecule has 1 fully saturated rings. The first-order valence-electron chi connectivity index (χ1n) is 6.13. The average Bonchev–Trinajstić information content (AvgIpc) is 2.17. The van der Waals surface area contributed by atoms with Crippen LogP contribution in [0.3, 0.4) is 0 Å². The second-order valence-corrected chi connectivity index (χ2v) is 4.65. The van der Waals surface area contributed by atoms with E-state index in [4.69, 9.17) is 0 Å². The fourth-order valence-electron chi connectivity index (χ4n) is 2.49. The second kappa shape index (κ2) is 6.11. The summed E-state index contributed by atoms with van der Waals surface area (Å²) in [5.41, 5.74) is 0. The van der Waals surface area contributed by atoms with Crippen molar-refractivity contribution in [2.24, 2.45) is 5.92 Å². The minimum Gasteiger partial charge on any atom is -0.480 e. The quantitative estimate of drug-likeness (QED) is 0.713. The van der Waals surface area contributed by atoms with Gasteiger partial charge in [-0.1, -0.05) is 26.7 Å². The zero-order valence-corrected chi connectivity index (χ0v) is 9.91. The van der Waals surface area contributed by atoms with Crippen molar-refractivity contribution in [3.05, 3.63) is 0 Å². The summed E-state index contributed by atoms with van der Waals surface area (Å²) in [6.07, 6.45) is 5.74. The van der Waals surface area contributed by atoms with Crippen LogP contribution in [0.5, 0.6) is 0 Å². The molecule has 0 bridgehead atoms. The number of carboxylic acid groups (broad SMARTS) is 1. The van der Waals surface area contributed by atoms with Crippen LogP contribution >= 0.6 is 0 Å². The molecule has 0 spiro atoms. The maximum Gasteiger partial charge on any atom is 0.321 e. The van der Waals surface area contributed by atoms with E-state index in [0.29, 0.717) is 5.92 Å². The summed E-state index contributed by atoms with van der Waals surface area (Å²) >= 11 is 0. The number of hydrogen-bond acceptors (Lipinski definition) is 2. The van der Waals surface area contributed by atoms with Gasteiger partial charge in [-0.05, 0) is 38.3 Å². The van der Waals surface area contributed by atoms with E-state index in [0.717, 1.165) is 32.4 Å². The zero-order chi connectivity index (χ0) is 11.3. The lowest BCUT2D eigenvalue weighted by molar-refractivity contribution is -0.146.